The zero-order chi connectivity index (χ0) is 13.0. The van der Waals surface area contributed by atoms with Crippen LogP contribution in [0.5, 0.6) is 0 Å². The number of Topliss-reactive ketones (excluding diaryl/α,β-unsaturated/α-hetero) is 1. The number of rotatable bonds is 0. The molecule has 92 valence electrons. The lowest BCUT2D eigenvalue weighted by atomic mass is 9.86. The minimum absolute atomic E-state index is 0.0772. The van der Waals surface area contributed by atoms with Crippen molar-refractivity contribution in [1.29, 1.82) is 0 Å². The molecule has 0 heterocycles. The van der Waals surface area contributed by atoms with Crippen LogP contribution in [0.1, 0.15) is 45.3 Å². The summed E-state index contributed by atoms with van der Waals surface area (Å²) in [4.78, 5) is 12.6. The van der Waals surface area contributed by atoms with E-state index in [1.807, 2.05) is 30.3 Å². The summed E-state index contributed by atoms with van der Waals surface area (Å²) >= 11 is 0. The van der Waals surface area contributed by atoms with Crippen molar-refractivity contribution in [2.45, 2.75) is 18.3 Å². The molecule has 2 aliphatic carbocycles. The largest absolute Gasteiger partial charge is 0.289 e. The van der Waals surface area contributed by atoms with Gasteiger partial charge in [0.15, 0.2) is 5.78 Å². The fourth-order valence-corrected chi connectivity index (χ4v) is 3.29. The average molecular weight is 246 g/mol. The minimum atomic E-state index is 0.0772. The Morgan fingerprint density at radius 1 is 0.842 bits per heavy atom. The molecule has 1 fully saturated rings. The summed E-state index contributed by atoms with van der Waals surface area (Å²) in [6.07, 6.45) is 1.15. The molecule has 0 amide bonds. The predicted octanol–water partition coefficient (Wildman–Crippen LogP) is 4.17. The molecule has 2 unspecified atom stereocenters. The van der Waals surface area contributed by atoms with Gasteiger partial charge in [-0.15, -0.1) is 0 Å². The predicted molar refractivity (Wildman–Crippen MR) is 76.3 cm³/mol. The molecule has 1 nitrogen and oxygen atoms in total. The Hall–Kier alpha value is -2.15. The van der Waals surface area contributed by atoms with Crippen molar-refractivity contribution in [3.05, 3.63) is 77.4 Å². The van der Waals surface area contributed by atoms with E-state index in [4.69, 9.17) is 0 Å². The maximum atomic E-state index is 12.6. The van der Waals surface area contributed by atoms with E-state index in [-0.39, 0.29) is 5.78 Å². The fraction of sp³-hybridized carbons (Fsp3) is 0.167. The summed E-state index contributed by atoms with van der Waals surface area (Å²) in [5.41, 5.74) is 5.01. The molecule has 0 aromatic heterocycles. The van der Waals surface area contributed by atoms with Crippen molar-refractivity contribution < 1.29 is 4.79 Å². The Kier molecular flexibility index (Phi) is 2.08. The molecule has 0 spiro atoms. The van der Waals surface area contributed by atoms with E-state index in [2.05, 4.69) is 24.8 Å². The highest BCUT2D eigenvalue weighted by atomic mass is 16.1. The molecule has 1 saturated carbocycles. The zero-order valence-electron chi connectivity index (χ0n) is 10.6. The van der Waals surface area contributed by atoms with E-state index < -0.39 is 0 Å². The molecule has 2 atom stereocenters. The third kappa shape index (κ3) is 1.45. The Labute approximate surface area is 112 Å². The monoisotopic (exact) mass is 246 g/mol. The van der Waals surface area contributed by atoms with Crippen LogP contribution < -0.4 is 0 Å². The summed E-state index contributed by atoms with van der Waals surface area (Å²) in [7, 11) is 0. The lowest BCUT2D eigenvalue weighted by Crippen LogP contribution is -2.09. The minimum Gasteiger partial charge on any atom is -0.289 e. The van der Waals surface area contributed by atoms with E-state index in [0.29, 0.717) is 17.4 Å². The first-order valence-electron chi connectivity index (χ1n) is 6.69. The topological polar surface area (TPSA) is 17.1 Å². The van der Waals surface area contributed by atoms with Crippen LogP contribution >= 0.6 is 0 Å². The molecular formula is C18H14O. The van der Waals surface area contributed by atoms with Gasteiger partial charge in [-0.25, -0.2) is 0 Å². The molecule has 2 aromatic carbocycles. The Balaban J connectivity index is 1.97. The summed E-state index contributed by atoms with van der Waals surface area (Å²) in [6.45, 7) is 4.04. The maximum absolute atomic E-state index is 12.6. The number of benzene rings is 2. The van der Waals surface area contributed by atoms with Crippen LogP contribution in [-0.4, -0.2) is 5.78 Å². The Morgan fingerprint density at radius 3 is 2.05 bits per heavy atom. The van der Waals surface area contributed by atoms with Crippen LogP contribution in [0.4, 0.5) is 0 Å². The van der Waals surface area contributed by atoms with Gasteiger partial charge in [-0.3, -0.25) is 4.79 Å². The molecule has 2 aromatic rings. The van der Waals surface area contributed by atoms with Crippen molar-refractivity contribution in [2.75, 3.05) is 0 Å². The molecule has 0 N–H and O–H groups in total. The first kappa shape index (κ1) is 10.7. The van der Waals surface area contributed by atoms with Crippen LogP contribution in [0.25, 0.3) is 5.57 Å². The van der Waals surface area contributed by atoms with Gasteiger partial charge in [0.25, 0.3) is 0 Å². The molecule has 4 rings (SSSR count). The van der Waals surface area contributed by atoms with Crippen molar-refractivity contribution in [1.82, 2.24) is 0 Å². The van der Waals surface area contributed by atoms with Gasteiger partial charge in [0, 0.05) is 11.1 Å². The molecule has 0 bridgehead atoms. The third-order valence-corrected chi connectivity index (χ3v) is 4.35. The van der Waals surface area contributed by atoms with Gasteiger partial charge < -0.3 is 0 Å². The smallest absolute Gasteiger partial charge is 0.193 e. The molecule has 19 heavy (non-hydrogen) atoms. The number of carbonyl (C=O) groups is 1. The highest BCUT2D eigenvalue weighted by Gasteiger charge is 2.44. The fourth-order valence-electron chi connectivity index (χ4n) is 3.29. The molecule has 0 radical (unpaired) electrons. The van der Waals surface area contributed by atoms with Crippen LogP contribution in [0.15, 0.2) is 55.1 Å². The summed E-state index contributed by atoms with van der Waals surface area (Å²) < 4.78 is 0. The van der Waals surface area contributed by atoms with Gasteiger partial charge in [0.2, 0.25) is 0 Å². The van der Waals surface area contributed by atoms with Crippen LogP contribution in [-0.2, 0) is 0 Å². The molecular weight excluding hydrogens is 232 g/mol. The van der Waals surface area contributed by atoms with Crippen molar-refractivity contribution in [2.24, 2.45) is 0 Å². The van der Waals surface area contributed by atoms with Crippen LogP contribution in [0.2, 0.25) is 0 Å². The van der Waals surface area contributed by atoms with Gasteiger partial charge in [0.1, 0.15) is 0 Å². The SMILES string of the molecule is C=C1C(=O)c2ccccc2C2CC2c2ccccc21. The number of carbonyl (C=O) groups excluding carboxylic acids is 1. The quantitative estimate of drug-likeness (QED) is 0.638. The van der Waals surface area contributed by atoms with Crippen LogP contribution in [0, 0.1) is 0 Å². The van der Waals surface area contributed by atoms with Crippen molar-refractivity contribution in [3.8, 4) is 0 Å². The van der Waals surface area contributed by atoms with E-state index in [1.54, 1.807) is 0 Å². The zero-order valence-corrected chi connectivity index (χ0v) is 10.6. The molecule has 0 aliphatic heterocycles. The van der Waals surface area contributed by atoms with E-state index >= 15 is 0 Å². The van der Waals surface area contributed by atoms with Gasteiger partial charge in [-0.05, 0) is 34.9 Å². The number of fused-ring (bicyclic) bond motifs is 5. The molecule has 1 heteroatoms. The van der Waals surface area contributed by atoms with Crippen LogP contribution in [0.3, 0.4) is 0 Å². The second-order valence-electron chi connectivity index (χ2n) is 5.43. The van der Waals surface area contributed by atoms with Gasteiger partial charge >= 0.3 is 0 Å². The second kappa shape index (κ2) is 3.67. The first-order valence-corrected chi connectivity index (χ1v) is 6.69. The Bertz CT molecular complexity index is 650. The number of hydrogen-bond donors (Lipinski definition) is 0. The summed E-state index contributed by atoms with van der Waals surface area (Å²) in [5, 5.41) is 0. The van der Waals surface area contributed by atoms with E-state index in [0.717, 1.165) is 17.5 Å². The molecule has 2 aliphatic rings. The van der Waals surface area contributed by atoms with E-state index in [9.17, 15) is 4.79 Å². The van der Waals surface area contributed by atoms with Crippen molar-refractivity contribution >= 4 is 11.4 Å². The lowest BCUT2D eigenvalue weighted by molar-refractivity contribution is 0.105. The first-order chi connectivity index (χ1) is 9.27. The van der Waals surface area contributed by atoms with Gasteiger partial charge in [0.05, 0.1) is 0 Å². The summed E-state index contributed by atoms with van der Waals surface area (Å²) in [5.74, 6) is 1.14. The number of hydrogen-bond acceptors (Lipinski definition) is 1. The lowest BCUT2D eigenvalue weighted by Gasteiger charge is -2.17. The summed E-state index contributed by atoms with van der Waals surface area (Å²) in [6, 6.07) is 16.2. The van der Waals surface area contributed by atoms with Gasteiger partial charge in [-0.2, -0.15) is 0 Å². The normalized spacial score (nSPS) is 23.8. The second-order valence-corrected chi connectivity index (χ2v) is 5.43. The number of allylic oxidation sites excluding steroid dienone is 1. The molecule has 0 saturated heterocycles. The highest BCUT2D eigenvalue weighted by Crippen LogP contribution is 2.58. The van der Waals surface area contributed by atoms with E-state index in [1.165, 1.54) is 11.1 Å². The van der Waals surface area contributed by atoms with Crippen molar-refractivity contribution in [3.63, 3.8) is 0 Å². The average Bonchev–Trinajstić information content (AvgIpc) is 3.25. The standard InChI is InChI=1S/C18H14O/c1-11-12-6-2-3-7-13(12)16-10-17(16)14-8-4-5-9-15(14)18(11)19/h2-9,16-17H,1,10H2. The number of ketones is 1. The highest BCUT2D eigenvalue weighted by molar-refractivity contribution is 6.29. The van der Waals surface area contributed by atoms with Gasteiger partial charge in [-0.1, -0.05) is 55.1 Å². The Morgan fingerprint density at radius 2 is 1.37 bits per heavy atom. The maximum Gasteiger partial charge on any atom is 0.193 e. The third-order valence-electron chi connectivity index (χ3n) is 4.35.